The predicted molar refractivity (Wildman–Crippen MR) is 137 cm³/mol. The quantitative estimate of drug-likeness (QED) is 0.311. The molecule has 6 rings (SSSR count). The van der Waals surface area contributed by atoms with E-state index in [1.165, 1.54) is 5.56 Å². The van der Waals surface area contributed by atoms with Crippen LogP contribution < -0.4 is 14.2 Å². The normalized spacial score (nSPS) is 15.5. The molecule has 2 heterocycles. The lowest BCUT2D eigenvalue weighted by Crippen LogP contribution is -2.04. The molecule has 0 bridgehead atoms. The molecule has 0 fully saturated rings. The summed E-state index contributed by atoms with van der Waals surface area (Å²) in [6.45, 7) is 2.66. The highest BCUT2D eigenvalue weighted by Gasteiger charge is 2.25. The molecule has 3 aromatic carbocycles. The zero-order valence-corrected chi connectivity index (χ0v) is 20.5. The Labute approximate surface area is 214 Å². The van der Waals surface area contributed by atoms with E-state index in [0.29, 0.717) is 18.9 Å². The molecule has 0 unspecified atom stereocenters. The number of hydrogen-bond donors (Lipinski definition) is 1. The Morgan fingerprint density at radius 3 is 2.62 bits per heavy atom. The summed E-state index contributed by atoms with van der Waals surface area (Å²) in [5.41, 5.74) is 6.24. The van der Waals surface area contributed by atoms with Crippen molar-refractivity contribution in [2.75, 3.05) is 13.4 Å². The van der Waals surface area contributed by atoms with E-state index in [2.05, 4.69) is 0 Å². The van der Waals surface area contributed by atoms with Gasteiger partial charge in [0.2, 0.25) is 12.7 Å². The van der Waals surface area contributed by atoms with Crippen LogP contribution in [0, 0.1) is 6.92 Å². The summed E-state index contributed by atoms with van der Waals surface area (Å²) in [5, 5.41) is 9.12. The van der Waals surface area contributed by atoms with Gasteiger partial charge in [0.05, 0.1) is 18.7 Å². The lowest BCUT2D eigenvalue weighted by atomic mass is 9.98. The highest BCUT2D eigenvalue weighted by atomic mass is 16.7. The molecule has 0 spiro atoms. The van der Waals surface area contributed by atoms with Crippen LogP contribution in [0.3, 0.4) is 0 Å². The minimum atomic E-state index is -0.749. The van der Waals surface area contributed by atoms with Crippen molar-refractivity contribution in [1.82, 2.24) is 4.98 Å². The van der Waals surface area contributed by atoms with E-state index in [9.17, 15) is 4.79 Å². The number of carbonyl (C=O) groups is 1. The van der Waals surface area contributed by atoms with E-state index in [0.717, 1.165) is 63.8 Å². The highest BCUT2D eigenvalue weighted by Crippen LogP contribution is 2.38. The first-order valence-corrected chi connectivity index (χ1v) is 12.5. The number of carboxylic acid groups (broad SMARTS) is 1. The summed E-state index contributed by atoms with van der Waals surface area (Å²) in [6.07, 6.45) is 2.58. The monoisotopic (exact) mass is 497 g/mol. The molecule has 0 saturated carbocycles. The van der Waals surface area contributed by atoms with Gasteiger partial charge in [-0.1, -0.05) is 24.3 Å². The van der Waals surface area contributed by atoms with Crippen molar-refractivity contribution in [2.24, 2.45) is 0 Å². The summed E-state index contributed by atoms with van der Waals surface area (Å²) in [6, 6.07) is 20.0. The van der Waals surface area contributed by atoms with Crippen molar-refractivity contribution in [2.45, 2.75) is 38.5 Å². The van der Waals surface area contributed by atoms with Gasteiger partial charge in [0.15, 0.2) is 11.5 Å². The molecule has 188 valence electrons. The van der Waals surface area contributed by atoms with E-state index in [1.807, 2.05) is 67.6 Å². The number of benzene rings is 3. The summed E-state index contributed by atoms with van der Waals surface area (Å²) in [5.74, 6) is 3.06. The van der Waals surface area contributed by atoms with Gasteiger partial charge in [0.1, 0.15) is 11.5 Å². The summed E-state index contributed by atoms with van der Waals surface area (Å²) < 4.78 is 22.8. The van der Waals surface area contributed by atoms with Gasteiger partial charge < -0.3 is 23.7 Å². The number of oxazole rings is 1. The molecule has 0 radical (unpaired) electrons. The minimum absolute atomic E-state index is 0.101. The molecule has 1 aromatic heterocycles. The van der Waals surface area contributed by atoms with Crippen LogP contribution in [-0.2, 0) is 17.6 Å². The fraction of sp³-hybridized carbons (Fsp3) is 0.267. The van der Waals surface area contributed by atoms with Gasteiger partial charge in [-0.05, 0) is 84.3 Å². The van der Waals surface area contributed by atoms with Gasteiger partial charge >= 0.3 is 5.97 Å². The number of aliphatic carboxylic acids is 1. The summed E-state index contributed by atoms with van der Waals surface area (Å²) in [7, 11) is 0. The molecular weight excluding hydrogens is 470 g/mol. The first kappa shape index (κ1) is 23.2. The number of aromatic nitrogens is 1. The third-order valence-electron chi connectivity index (χ3n) is 7.08. The Morgan fingerprint density at radius 1 is 1.00 bits per heavy atom. The second kappa shape index (κ2) is 9.65. The van der Waals surface area contributed by atoms with E-state index >= 15 is 0 Å². The number of ether oxygens (including phenoxy) is 3. The minimum Gasteiger partial charge on any atom is -0.493 e. The van der Waals surface area contributed by atoms with E-state index in [1.54, 1.807) is 0 Å². The smallest absolute Gasteiger partial charge is 0.303 e. The topological polar surface area (TPSA) is 91.0 Å². The third kappa shape index (κ3) is 4.77. The zero-order chi connectivity index (χ0) is 25.4. The van der Waals surface area contributed by atoms with Crippen molar-refractivity contribution in [1.29, 1.82) is 0 Å². The molecule has 1 atom stereocenters. The maximum Gasteiger partial charge on any atom is 0.303 e. The molecule has 1 N–H and O–H groups in total. The Kier molecular flexibility index (Phi) is 6.04. The number of nitrogens with zero attached hydrogens (tertiary/aromatic N) is 1. The predicted octanol–water partition coefficient (Wildman–Crippen LogP) is 6.17. The molecule has 2 aliphatic rings. The van der Waals surface area contributed by atoms with Gasteiger partial charge in [-0.3, -0.25) is 4.79 Å². The summed E-state index contributed by atoms with van der Waals surface area (Å²) >= 11 is 0. The molecule has 1 aliphatic carbocycles. The Hall–Kier alpha value is -4.26. The van der Waals surface area contributed by atoms with Gasteiger partial charge in [-0.2, -0.15) is 0 Å². The van der Waals surface area contributed by atoms with Crippen LogP contribution >= 0.6 is 0 Å². The van der Waals surface area contributed by atoms with Crippen molar-refractivity contribution in [3.63, 3.8) is 0 Å². The van der Waals surface area contributed by atoms with E-state index < -0.39 is 5.97 Å². The van der Waals surface area contributed by atoms with Crippen molar-refractivity contribution in [3.8, 4) is 39.8 Å². The molecule has 1 aliphatic heterocycles. The molecule has 4 aromatic rings. The lowest BCUT2D eigenvalue weighted by molar-refractivity contribution is -0.137. The third-order valence-corrected chi connectivity index (χ3v) is 7.08. The second-order valence-electron chi connectivity index (χ2n) is 9.46. The largest absolute Gasteiger partial charge is 0.493 e. The van der Waals surface area contributed by atoms with E-state index in [4.69, 9.17) is 28.7 Å². The standard InChI is InChI=1S/C30H27NO6/c1-18-26(12-13-34-24-9-10-25-22(14-24)6-7-23(25)16-29(32)33)31-30(37-18)20-4-2-19(3-5-20)21-8-11-27-28(15-21)36-17-35-27/h2-5,8-11,14-15,23H,6-7,12-13,16-17H2,1H3,(H,32,33)/t23-/m0/s1. The molecule has 37 heavy (non-hydrogen) atoms. The van der Waals surface area contributed by atoms with Gasteiger partial charge in [0.25, 0.3) is 0 Å². The van der Waals surface area contributed by atoms with Crippen LogP contribution in [0.4, 0.5) is 0 Å². The van der Waals surface area contributed by atoms with Crippen LogP contribution in [0.1, 0.15) is 41.3 Å². The van der Waals surface area contributed by atoms with Crippen LogP contribution in [0.25, 0.3) is 22.6 Å². The number of hydrogen-bond acceptors (Lipinski definition) is 6. The molecule has 7 nitrogen and oxygen atoms in total. The number of aryl methyl sites for hydroxylation is 2. The van der Waals surface area contributed by atoms with Crippen molar-refractivity contribution < 1.29 is 28.5 Å². The first-order valence-electron chi connectivity index (χ1n) is 12.5. The Balaban J connectivity index is 1.09. The van der Waals surface area contributed by atoms with Crippen LogP contribution in [0.5, 0.6) is 17.2 Å². The fourth-order valence-electron chi connectivity index (χ4n) is 5.13. The number of rotatable bonds is 8. The van der Waals surface area contributed by atoms with Gasteiger partial charge in [-0.15, -0.1) is 0 Å². The molecule has 0 saturated heterocycles. The van der Waals surface area contributed by atoms with Gasteiger partial charge in [-0.25, -0.2) is 4.98 Å². The molecule has 0 amide bonds. The average molecular weight is 498 g/mol. The number of carboxylic acids is 1. The molecule has 7 heteroatoms. The van der Waals surface area contributed by atoms with Crippen LogP contribution in [0.15, 0.2) is 65.1 Å². The lowest BCUT2D eigenvalue weighted by Gasteiger charge is -2.10. The highest BCUT2D eigenvalue weighted by molar-refractivity contribution is 5.70. The zero-order valence-electron chi connectivity index (χ0n) is 20.5. The second-order valence-corrected chi connectivity index (χ2v) is 9.46. The van der Waals surface area contributed by atoms with E-state index in [-0.39, 0.29) is 19.1 Å². The Bertz CT molecular complexity index is 1460. The SMILES string of the molecule is Cc1oc(-c2ccc(-c3ccc4c(c3)OCO4)cc2)nc1CCOc1ccc2c(c1)CC[C@H]2CC(=O)O. The average Bonchev–Trinajstić information content (AvgIpc) is 3.62. The van der Waals surface area contributed by atoms with Crippen LogP contribution in [-0.4, -0.2) is 29.5 Å². The summed E-state index contributed by atoms with van der Waals surface area (Å²) in [4.78, 5) is 15.8. The fourth-order valence-corrected chi connectivity index (χ4v) is 5.13. The maximum atomic E-state index is 11.1. The first-order chi connectivity index (χ1) is 18.0. The maximum absolute atomic E-state index is 11.1. The number of fused-ring (bicyclic) bond motifs is 2. The van der Waals surface area contributed by atoms with Gasteiger partial charge in [0, 0.05) is 12.0 Å². The van der Waals surface area contributed by atoms with Crippen LogP contribution in [0.2, 0.25) is 0 Å². The van der Waals surface area contributed by atoms with Crippen molar-refractivity contribution >= 4 is 5.97 Å². The van der Waals surface area contributed by atoms with Crippen molar-refractivity contribution in [3.05, 3.63) is 83.2 Å². The molecular formula is C30H27NO6. The Morgan fingerprint density at radius 2 is 1.78 bits per heavy atom.